The van der Waals surface area contributed by atoms with Gasteiger partial charge in [0.15, 0.2) is 0 Å². The third kappa shape index (κ3) is 3.99. The van der Waals surface area contributed by atoms with E-state index in [1.165, 1.54) is 5.56 Å². The van der Waals surface area contributed by atoms with Crippen LogP contribution < -0.4 is 10.5 Å². The van der Waals surface area contributed by atoms with Crippen LogP contribution in [-0.4, -0.2) is 13.2 Å². The molecule has 20 heavy (non-hydrogen) atoms. The summed E-state index contributed by atoms with van der Waals surface area (Å²) in [5.74, 6) is 1.19. The van der Waals surface area contributed by atoms with Gasteiger partial charge >= 0.3 is 0 Å². The lowest BCUT2D eigenvalue weighted by atomic mass is 9.96. The summed E-state index contributed by atoms with van der Waals surface area (Å²) in [4.78, 5) is 0. The first-order valence-corrected chi connectivity index (χ1v) is 7.22. The van der Waals surface area contributed by atoms with Crippen LogP contribution >= 0.6 is 11.6 Å². The second-order valence-corrected chi connectivity index (χ2v) is 5.30. The Kier molecular flexibility index (Phi) is 5.45. The van der Waals surface area contributed by atoms with Crippen LogP contribution in [0, 0.1) is 6.92 Å². The molecule has 0 aromatic heterocycles. The van der Waals surface area contributed by atoms with Gasteiger partial charge in [0, 0.05) is 5.02 Å². The molecule has 2 aromatic rings. The molecule has 0 saturated carbocycles. The van der Waals surface area contributed by atoms with Crippen molar-refractivity contribution in [1.29, 1.82) is 0 Å². The highest BCUT2D eigenvalue weighted by molar-refractivity contribution is 6.31. The normalized spacial score (nSPS) is 12.2. The Morgan fingerprint density at radius 1 is 1.15 bits per heavy atom. The maximum atomic E-state index is 6.00. The molecule has 106 valence electrons. The number of rotatable bonds is 6. The minimum Gasteiger partial charge on any atom is -0.494 e. The predicted molar refractivity (Wildman–Crippen MR) is 84.5 cm³/mol. The first-order valence-electron chi connectivity index (χ1n) is 6.84. The lowest BCUT2D eigenvalue weighted by Crippen LogP contribution is -2.15. The van der Waals surface area contributed by atoms with E-state index < -0.39 is 0 Å². The van der Waals surface area contributed by atoms with Crippen LogP contribution in [0.5, 0.6) is 5.75 Å². The molecule has 2 rings (SSSR count). The summed E-state index contributed by atoms with van der Waals surface area (Å²) in [6, 6.07) is 16.1. The Balaban J connectivity index is 1.89. The second kappa shape index (κ2) is 7.32. The summed E-state index contributed by atoms with van der Waals surface area (Å²) in [7, 11) is 0. The number of benzene rings is 2. The fourth-order valence-electron chi connectivity index (χ4n) is 2.17. The maximum absolute atomic E-state index is 6.00. The van der Waals surface area contributed by atoms with Crippen LogP contribution in [0.3, 0.4) is 0 Å². The number of nitrogens with two attached hydrogens (primary N) is 1. The van der Waals surface area contributed by atoms with Gasteiger partial charge in [0.25, 0.3) is 0 Å². The minimum absolute atomic E-state index is 0.338. The molecule has 0 heterocycles. The van der Waals surface area contributed by atoms with Crippen molar-refractivity contribution >= 4 is 11.6 Å². The van der Waals surface area contributed by atoms with Crippen molar-refractivity contribution in [2.24, 2.45) is 5.73 Å². The number of ether oxygens (including phenoxy) is 1. The number of aryl methyl sites for hydroxylation is 1. The third-order valence-electron chi connectivity index (χ3n) is 3.42. The number of halogens is 1. The van der Waals surface area contributed by atoms with Crippen LogP contribution in [-0.2, 0) is 0 Å². The lowest BCUT2D eigenvalue weighted by molar-refractivity contribution is 0.298. The molecule has 2 aromatic carbocycles. The van der Waals surface area contributed by atoms with E-state index in [1.807, 2.05) is 43.3 Å². The molecule has 0 fully saturated rings. The van der Waals surface area contributed by atoms with Crippen LogP contribution in [0.25, 0.3) is 0 Å². The van der Waals surface area contributed by atoms with Gasteiger partial charge in [-0.2, -0.15) is 0 Å². The highest BCUT2D eigenvalue weighted by atomic mass is 35.5. The average molecular weight is 290 g/mol. The summed E-state index contributed by atoms with van der Waals surface area (Å²) in [5, 5.41) is 0.765. The highest BCUT2D eigenvalue weighted by Gasteiger charge is 2.09. The zero-order valence-electron chi connectivity index (χ0n) is 11.7. The molecule has 0 spiro atoms. The zero-order valence-corrected chi connectivity index (χ0v) is 12.4. The van der Waals surface area contributed by atoms with E-state index in [2.05, 4.69) is 12.1 Å². The van der Waals surface area contributed by atoms with E-state index in [4.69, 9.17) is 22.1 Å². The molecule has 0 aliphatic heterocycles. The van der Waals surface area contributed by atoms with Crippen molar-refractivity contribution in [2.75, 3.05) is 13.2 Å². The average Bonchev–Trinajstić information content (AvgIpc) is 2.48. The number of hydrogen-bond acceptors (Lipinski definition) is 2. The van der Waals surface area contributed by atoms with Crippen LogP contribution in [0.15, 0.2) is 48.5 Å². The Morgan fingerprint density at radius 3 is 2.55 bits per heavy atom. The van der Waals surface area contributed by atoms with Crippen molar-refractivity contribution in [3.63, 3.8) is 0 Å². The van der Waals surface area contributed by atoms with Gasteiger partial charge in [-0.1, -0.05) is 41.9 Å². The van der Waals surface area contributed by atoms with Gasteiger partial charge in [0.2, 0.25) is 0 Å². The zero-order chi connectivity index (χ0) is 14.4. The van der Waals surface area contributed by atoms with Gasteiger partial charge in [-0.3, -0.25) is 0 Å². The SMILES string of the molecule is Cc1cc(OCCC(CN)c2ccccc2)ccc1Cl. The van der Waals surface area contributed by atoms with E-state index in [0.717, 1.165) is 22.8 Å². The highest BCUT2D eigenvalue weighted by Crippen LogP contribution is 2.22. The summed E-state index contributed by atoms with van der Waals surface area (Å²) in [5.41, 5.74) is 8.15. The van der Waals surface area contributed by atoms with E-state index >= 15 is 0 Å². The van der Waals surface area contributed by atoms with E-state index in [-0.39, 0.29) is 0 Å². The maximum Gasteiger partial charge on any atom is 0.119 e. The van der Waals surface area contributed by atoms with Gasteiger partial charge in [-0.15, -0.1) is 0 Å². The molecule has 2 N–H and O–H groups in total. The summed E-state index contributed by atoms with van der Waals surface area (Å²) in [6.07, 6.45) is 0.905. The Labute approximate surface area is 125 Å². The Bertz CT molecular complexity index is 542. The van der Waals surface area contributed by atoms with Gasteiger partial charge < -0.3 is 10.5 Å². The minimum atomic E-state index is 0.338. The second-order valence-electron chi connectivity index (χ2n) is 4.89. The fraction of sp³-hybridized carbons (Fsp3) is 0.294. The van der Waals surface area contributed by atoms with E-state index in [9.17, 15) is 0 Å². The van der Waals surface area contributed by atoms with Crippen molar-refractivity contribution in [2.45, 2.75) is 19.3 Å². The fourth-order valence-corrected chi connectivity index (χ4v) is 2.29. The Morgan fingerprint density at radius 2 is 1.90 bits per heavy atom. The van der Waals surface area contributed by atoms with Gasteiger partial charge in [0.05, 0.1) is 6.61 Å². The molecular weight excluding hydrogens is 270 g/mol. The number of hydrogen-bond donors (Lipinski definition) is 1. The van der Waals surface area contributed by atoms with Crippen molar-refractivity contribution in [3.8, 4) is 5.75 Å². The largest absolute Gasteiger partial charge is 0.494 e. The van der Waals surface area contributed by atoms with Crippen LogP contribution in [0.4, 0.5) is 0 Å². The Hall–Kier alpha value is -1.51. The van der Waals surface area contributed by atoms with Crippen molar-refractivity contribution in [3.05, 3.63) is 64.7 Å². The smallest absolute Gasteiger partial charge is 0.119 e. The molecule has 3 heteroatoms. The quantitative estimate of drug-likeness (QED) is 0.866. The lowest BCUT2D eigenvalue weighted by Gasteiger charge is -2.16. The standard InChI is InChI=1S/C17H20ClNO/c1-13-11-16(7-8-17(13)18)20-10-9-15(12-19)14-5-3-2-4-6-14/h2-8,11,15H,9-10,12,19H2,1H3. The molecule has 1 atom stereocenters. The summed E-state index contributed by atoms with van der Waals surface area (Å²) >= 11 is 6.00. The van der Waals surface area contributed by atoms with Crippen molar-refractivity contribution in [1.82, 2.24) is 0 Å². The molecule has 0 amide bonds. The van der Waals surface area contributed by atoms with E-state index in [0.29, 0.717) is 19.1 Å². The molecule has 0 aliphatic rings. The van der Waals surface area contributed by atoms with Gasteiger partial charge in [-0.25, -0.2) is 0 Å². The molecule has 0 radical (unpaired) electrons. The molecular formula is C17H20ClNO. The van der Waals surface area contributed by atoms with E-state index in [1.54, 1.807) is 0 Å². The molecule has 0 aliphatic carbocycles. The summed E-state index contributed by atoms with van der Waals surface area (Å²) in [6.45, 7) is 3.26. The molecule has 0 saturated heterocycles. The first kappa shape index (κ1) is 14.9. The predicted octanol–water partition coefficient (Wildman–Crippen LogP) is 4.16. The monoisotopic (exact) mass is 289 g/mol. The molecule has 0 bridgehead atoms. The molecule has 2 nitrogen and oxygen atoms in total. The van der Waals surface area contributed by atoms with Crippen LogP contribution in [0.1, 0.15) is 23.5 Å². The third-order valence-corrected chi connectivity index (χ3v) is 3.84. The van der Waals surface area contributed by atoms with Crippen molar-refractivity contribution < 1.29 is 4.74 Å². The van der Waals surface area contributed by atoms with Gasteiger partial charge in [0.1, 0.15) is 5.75 Å². The van der Waals surface area contributed by atoms with Gasteiger partial charge in [-0.05, 0) is 55.1 Å². The topological polar surface area (TPSA) is 35.2 Å². The molecule has 1 unspecified atom stereocenters. The summed E-state index contributed by atoms with van der Waals surface area (Å²) < 4.78 is 5.78. The van der Waals surface area contributed by atoms with Crippen LogP contribution in [0.2, 0.25) is 5.02 Å². The first-order chi connectivity index (χ1) is 9.70.